The topological polar surface area (TPSA) is 83.1 Å². The van der Waals surface area contributed by atoms with Crippen molar-refractivity contribution in [1.82, 2.24) is 15.6 Å². The third kappa shape index (κ3) is 5.19. The summed E-state index contributed by atoms with van der Waals surface area (Å²) < 4.78 is 12.7. The van der Waals surface area contributed by atoms with Crippen LogP contribution >= 0.6 is 11.3 Å². The summed E-state index contributed by atoms with van der Waals surface area (Å²) in [6.07, 6.45) is 1.65. The van der Waals surface area contributed by atoms with Crippen molar-refractivity contribution in [2.24, 2.45) is 0 Å². The van der Waals surface area contributed by atoms with E-state index in [1.54, 1.807) is 6.20 Å². The number of urea groups is 1. The van der Waals surface area contributed by atoms with Crippen LogP contribution in [0.5, 0.6) is 0 Å². The molecule has 0 aliphatic rings. The Morgan fingerprint density at radius 2 is 1.95 bits per heavy atom. The molecule has 3 N–H and O–H groups in total. The lowest BCUT2D eigenvalue weighted by Crippen LogP contribution is -2.39. The second kappa shape index (κ2) is 7.34. The van der Waals surface area contributed by atoms with Gasteiger partial charge in [-0.2, -0.15) is 0 Å². The predicted octanol–water partition coefficient (Wildman–Crippen LogP) is 1.72. The monoisotopic (exact) mass is 308 g/mol. The number of nitrogens with zero attached hydrogens (tertiary/aromatic N) is 1. The second-order valence-corrected chi connectivity index (χ2v) is 5.00. The molecule has 0 saturated heterocycles. The molecule has 8 heteroatoms. The van der Waals surface area contributed by atoms with Crippen LogP contribution in [-0.4, -0.2) is 23.5 Å². The molecule has 1 aromatic carbocycles. The fourth-order valence-electron chi connectivity index (χ4n) is 1.46. The van der Waals surface area contributed by atoms with Gasteiger partial charge in [-0.25, -0.2) is 14.2 Å². The Morgan fingerprint density at radius 1 is 1.19 bits per heavy atom. The maximum atomic E-state index is 12.7. The number of hydrogen-bond donors (Lipinski definition) is 3. The third-order valence-corrected chi connectivity index (χ3v) is 3.20. The zero-order chi connectivity index (χ0) is 15.1. The second-order valence-electron chi connectivity index (χ2n) is 4.02. The molecule has 0 bridgehead atoms. The van der Waals surface area contributed by atoms with Crippen LogP contribution in [0.1, 0.15) is 5.01 Å². The van der Waals surface area contributed by atoms with Crippen molar-refractivity contribution in [1.29, 1.82) is 0 Å². The minimum absolute atomic E-state index is 0.179. The molecule has 0 fully saturated rings. The number of rotatable bonds is 5. The minimum Gasteiger partial charge on any atom is -0.332 e. The maximum Gasteiger partial charge on any atom is 0.315 e. The van der Waals surface area contributed by atoms with E-state index in [1.807, 2.05) is 5.38 Å². The van der Waals surface area contributed by atoms with Crippen LogP contribution in [0.25, 0.3) is 0 Å². The smallest absolute Gasteiger partial charge is 0.315 e. The van der Waals surface area contributed by atoms with Gasteiger partial charge in [-0.1, -0.05) is 0 Å². The Hall–Kier alpha value is -2.48. The first-order valence-electron chi connectivity index (χ1n) is 6.09. The molecule has 0 radical (unpaired) electrons. The molecule has 0 saturated carbocycles. The lowest BCUT2D eigenvalue weighted by Gasteiger charge is -2.07. The van der Waals surface area contributed by atoms with E-state index >= 15 is 0 Å². The van der Waals surface area contributed by atoms with Gasteiger partial charge in [0.2, 0.25) is 5.91 Å². The van der Waals surface area contributed by atoms with Crippen molar-refractivity contribution in [3.8, 4) is 0 Å². The van der Waals surface area contributed by atoms with Crippen molar-refractivity contribution in [3.63, 3.8) is 0 Å². The molecule has 1 aromatic heterocycles. The van der Waals surface area contributed by atoms with Crippen molar-refractivity contribution >= 4 is 29.0 Å². The molecule has 21 heavy (non-hydrogen) atoms. The Bertz CT molecular complexity index is 601. The zero-order valence-electron chi connectivity index (χ0n) is 10.9. The first-order chi connectivity index (χ1) is 10.1. The molecule has 6 nitrogen and oxygen atoms in total. The highest BCUT2D eigenvalue weighted by Gasteiger charge is 2.06. The fourth-order valence-corrected chi connectivity index (χ4v) is 2.01. The van der Waals surface area contributed by atoms with Crippen LogP contribution in [0.4, 0.5) is 14.9 Å². The summed E-state index contributed by atoms with van der Waals surface area (Å²) in [5.74, 6) is -0.779. The van der Waals surface area contributed by atoms with Gasteiger partial charge < -0.3 is 16.0 Å². The molecule has 0 aliphatic carbocycles. The average molecular weight is 308 g/mol. The Labute approximate surface area is 124 Å². The number of halogens is 1. The molecule has 1 heterocycles. The van der Waals surface area contributed by atoms with E-state index in [0.717, 1.165) is 5.01 Å². The minimum atomic E-state index is -0.459. The largest absolute Gasteiger partial charge is 0.332 e. The summed E-state index contributed by atoms with van der Waals surface area (Å²) in [7, 11) is 0. The molecule has 0 atom stereocenters. The van der Waals surface area contributed by atoms with Gasteiger partial charge in [0, 0.05) is 17.3 Å². The number of benzene rings is 1. The molecular weight excluding hydrogens is 295 g/mol. The summed E-state index contributed by atoms with van der Waals surface area (Å²) >= 11 is 1.43. The number of aromatic nitrogens is 1. The summed E-state index contributed by atoms with van der Waals surface area (Å²) in [6.45, 7) is 0.129. The van der Waals surface area contributed by atoms with Gasteiger partial charge in [0.1, 0.15) is 10.8 Å². The van der Waals surface area contributed by atoms with E-state index in [0.29, 0.717) is 12.2 Å². The average Bonchev–Trinajstić information content (AvgIpc) is 2.99. The molecule has 2 rings (SSSR count). The first kappa shape index (κ1) is 14.9. The first-order valence-corrected chi connectivity index (χ1v) is 6.97. The van der Waals surface area contributed by atoms with Crippen LogP contribution in [0.15, 0.2) is 35.8 Å². The van der Waals surface area contributed by atoms with Gasteiger partial charge in [0.05, 0.1) is 13.1 Å². The Balaban J connectivity index is 1.68. The normalized spacial score (nSPS) is 9.95. The van der Waals surface area contributed by atoms with Gasteiger partial charge in [-0.05, 0) is 24.3 Å². The molecule has 3 amide bonds. The molecule has 110 valence electrons. The molecular formula is C13H13FN4O2S. The number of carbonyl (C=O) groups excluding carboxylic acids is 2. The number of nitrogens with one attached hydrogen (secondary N) is 3. The quantitative estimate of drug-likeness (QED) is 0.786. The van der Waals surface area contributed by atoms with E-state index in [9.17, 15) is 14.0 Å². The molecule has 0 spiro atoms. The van der Waals surface area contributed by atoms with E-state index in [-0.39, 0.29) is 12.4 Å². The lowest BCUT2D eigenvalue weighted by atomic mass is 10.3. The highest BCUT2D eigenvalue weighted by atomic mass is 32.1. The third-order valence-electron chi connectivity index (χ3n) is 2.42. The predicted molar refractivity (Wildman–Crippen MR) is 77.4 cm³/mol. The van der Waals surface area contributed by atoms with Crippen LogP contribution < -0.4 is 16.0 Å². The summed E-state index contributed by atoms with van der Waals surface area (Å²) in [5.41, 5.74) is 0.464. The van der Waals surface area contributed by atoms with Gasteiger partial charge in [-0.3, -0.25) is 4.79 Å². The van der Waals surface area contributed by atoms with Gasteiger partial charge in [-0.15, -0.1) is 11.3 Å². The van der Waals surface area contributed by atoms with E-state index in [2.05, 4.69) is 20.9 Å². The Morgan fingerprint density at radius 3 is 2.62 bits per heavy atom. The van der Waals surface area contributed by atoms with Gasteiger partial charge in [0.15, 0.2) is 0 Å². The Kier molecular flexibility index (Phi) is 5.22. The van der Waals surface area contributed by atoms with E-state index in [4.69, 9.17) is 0 Å². The van der Waals surface area contributed by atoms with Gasteiger partial charge in [0.25, 0.3) is 0 Å². The number of amides is 3. The van der Waals surface area contributed by atoms with Crippen molar-refractivity contribution < 1.29 is 14.0 Å². The molecule has 0 unspecified atom stereocenters. The molecule has 0 aliphatic heterocycles. The lowest BCUT2D eigenvalue weighted by molar-refractivity contribution is -0.115. The molecule has 2 aromatic rings. The van der Waals surface area contributed by atoms with Crippen molar-refractivity contribution in [2.75, 3.05) is 11.9 Å². The van der Waals surface area contributed by atoms with Crippen molar-refractivity contribution in [3.05, 3.63) is 46.7 Å². The SMILES string of the molecule is O=C(CNC(=O)NCc1nccs1)Nc1ccc(F)cc1. The van der Waals surface area contributed by atoms with E-state index < -0.39 is 11.9 Å². The highest BCUT2D eigenvalue weighted by Crippen LogP contribution is 2.07. The summed E-state index contributed by atoms with van der Waals surface area (Å²) in [4.78, 5) is 27.1. The van der Waals surface area contributed by atoms with Crippen molar-refractivity contribution in [2.45, 2.75) is 6.54 Å². The van der Waals surface area contributed by atoms with Gasteiger partial charge >= 0.3 is 6.03 Å². The number of thiazole rings is 1. The van der Waals surface area contributed by atoms with Crippen LogP contribution in [0.3, 0.4) is 0 Å². The fraction of sp³-hybridized carbons (Fsp3) is 0.154. The van der Waals surface area contributed by atoms with Crippen LogP contribution in [-0.2, 0) is 11.3 Å². The van der Waals surface area contributed by atoms with Crippen LogP contribution in [0.2, 0.25) is 0 Å². The van der Waals surface area contributed by atoms with E-state index in [1.165, 1.54) is 35.6 Å². The number of carbonyl (C=O) groups is 2. The number of hydrogen-bond acceptors (Lipinski definition) is 4. The summed E-state index contributed by atoms with van der Waals surface area (Å²) in [5, 5.41) is 10.1. The van der Waals surface area contributed by atoms with Crippen LogP contribution in [0, 0.1) is 5.82 Å². The zero-order valence-corrected chi connectivity index (χ0v) is 11.7. The standard InChI is InChI=1S/C13H13FN4O2S/c14-9-1-3-10(4-2-9)18-11(19)7-16-13(20)17-8-12-15-5-6-21-12/h1-6H,7-8H2,(H,18,19)(H2,16,17,20). The summed E-state index contributed by atoms with van der Waals surface area (Å²) in [6, 6.07) is 4.90. The highest BCUT2D eigenvalue weighted by molar-refractivity contribution is 7.09. The maximum absolute atomic E-state index is 12.7. The number of anilines is 1.